The summed E-state index contributed by atoms with van der Waals surface area (Å²) in [5.74, 6) is 0. The third-order valence-corrected chi connectivity index (χ3v) is 4.36. The molecule has 110 valence electrons. The molecule has 0 radical (unpaired) electrons. The summed E-state index contributed by atoms with van der Waals surface area (Å²) in [5, 5.41) is 2.38. The first-order valence-corrected chi connectivity index (χ1v) is 7.58. The van der Waals surface area contributed by atoms with E-state index in [0.29, 0.717) is 0 Å². The second-order valence-electron chi connectivity index (χ2n) is 5.09. The first-order chi connectivity index (χ1) is 10.3. The van der Waals surface area contributed by atoms with Crippen LogP contribution in [-0.2, 0) is 0 Å². The zero-order valence-corrected chi connectivity index (χ0v) is 14.1. The zero-order valence-electron chi connectivity index (χ0n) is 11.7. The number of aromatic nitrogens is 1. The Morgan fingerprint density at radius 3 is 2.27 bits per heavy atom. The molecule has 0 aliphatic heterocycles. The van der Waals surface area contributed by atoms with Gasteiger partial charge >= 0.3 is 0 Å². The molecule has 4 heteroatoms. The van der Waals surface area contributed by atoms with Crippen molar-refractivity contribution in [2.24, 2.45) is 0 Å². The molecule has 4 aromatic rings. The molecule has 2 N–H and O–H groups in total. The summed E-state index contributed by atoms with van der Waals surface area (Å²) in [4.78, 5) is 0. The molecule has 0 saturated heterocycles. The summed E-state index contributed by atoms with van der Waals surface area (Å²) in [7, 11) is 0. The number of anilines is 1. The van der Waals surface area contributed by atoms with E-state index < -0.39 is 0 Å². The molecular formula is C18H14BrClN2. The van der Waals surface area contributed by atoms with Crippen LogP contribution in [-0.4, -0.2) is 4.57 Å². The van der Waals surface area contributed by atoms with Gasteiger partial charge in [-0.25, -0.2) is 0 Å². The van der Waals surface area contributed by atoms with Gasteiger partial charge in [-0.1, -0.05) is 36.4 Å². The molecule has 0 amide bonds. The molecule has 22 heavy (non-hydrogen) atoms. The Hall–Kier alpha value is -1.97. The van der Waals surface area contributed by atoms with Gasteiger partial charge in [-0.3, -0.25) is 0 Å². The average Bonchev–Trinajstić information content (AvgIpc) is 2.83. The topological polar surface area (TPSA) is 30.9 Å². The molecule has 0 fully saturated rings. The number of nitrogens with two attached hydrogens (primary N) is 1. The molecule has 0 unspecified atom stereocenters. The molecule has 0 bridgehead atoms. The van der Waals surface area contributed by atoms with Crippen LogP contribution in [0.2, 0.25) is 0 Å². The Labute approximate surface area is 143 Å². The van der Waals surface area contributed by atoms with Gasteiger partial charge in [-0.15, -0.1) is 12.4 Å². The van der Waals surface area contributed by atoms with Gasteiger partial charge in [-0.2, -0.15) is 0 Å². The molecule has 0 saturated carbocycles. The van der Waals surface area contributed by atoms with Crippen LogP contribution in [0.1, 0.15) is 0 Å². The standard InChI is InChI=1S/C18H13BrN2.ClH/c19-16-11-12(20)10-15-14-8-4-5-9-17(14)21(18(15)16)13-6-2-1-3-7-13;/h1-11H,20H2;1H. The second kappa shape index (κ2) is 5.67. The van der Waals surface area contributed by atoms with Crippen molar-refractivity contribution in [3.8, 4) is 5.69 Å². The molecule has 0 atom stereocenters. The molecule has 4 rings (SSSR count). The highest BCUT2D eigenvalue weighted by Gasteiger charge is 2.14. The second-order valence-corrected chi connectivity index (χ2v) is 5.94. The first-order valence-electron chi connectivity index (χ1n) is 6.79. The molecule has 3 aromatic carbocycles. The lowest BCUT2D eigenvalue weighted by atomic mass is 10.1. The van der Waals surface area contributed by atoms with Crippen LogP contribution in [0.4, 0.5) is 5.69 Å². The van der Waals surface area contributed by atoms with Crippen LogP contribution < -0.4 is 5.73 Å². The monoisotopic (exact) mass is 372 g/mol. The van der Waals surface area contributed by atoms with Crippen LogP contribution in [0, 0.1) is 0 Å². The number of rotatable bonds is 1. The molecule has 2 nitrogen and oxygen atoms in total. The van der Waals surface area contributed by atoms with E-state index in [0.717, 1.165) is 21.4 Å². The van der Waals surface area contributed by atoms with Crippen molar-refractivity contribution in [3.05, 3.63) is 71.2 Å². The van der Waals surface area contributed by atoms with Gasteiger partial charge in [-0.05, 0) is 46.3 Å². The smallest absolute Gasteiger partial charge is 0.0684 e. The van der Waals surface area contributed by atoms with E-state index in [2.05, 4.69) is 69.0 Å². The third-order valence-electron chi connectivity index (χ3n) is 3.76. The third kappa shape index (κ3) is 2.18. The fourth-order valence-corrected chi connectivity index (χ4v) is 3.57. The molecule has 0 aliphatic carbocycles. The maximum atomic E-state index is 6.02. The van der Waals surface area contributed by atoms with Crippen molar-refractivity contribution in [2.45, 2.75) is 0 Å². The maximum Gasteiger partial charge on any atom is 0.0684 e. The van der Waals surface area contributed by atoms with Crippen molar-refractivity contribution in [1.29, 1.82) is 0 Å². The molecular weight excluding hydrogens is 360 g/mol. The quantitative estimate of drug-likeness (QED) is 0.436. The Kier molecular flexibility index (Phi) is 3.85. The van der Waals surface area contributed by atoms with E-state index in [1.807, 2.05) is 18.2 Å². The Bertz CT molecular complexity index is 961. The fraction of sp³-hybridized carbons (Fsp3) is 0. The Balaban J connectivity index is 0.00000144. The molecule has 1 heterocycles. The number of nitrogens with zero attached hydrogens (tertiary/aromatic N) is 1. The predicted octanol–water partition coefficient (Wildman–Crippen LogP) is 5.55. The highest BCUT2D eigenvalue weighted by Crippen LogP contribution is 2.37. The minimum atomic E-state index is 0. The van der Waals surface area contributed by atoms with E-state index in [1.165, 1.54) is 16.3 Å². The number of para-hydroxylation sites is 2. The Morgan fingerprint density at radius 1 is 0.818 bits per heavy atom. The summed E-state index contributed by atoms with van der Waals surface area (Å²) in [6.07, 6.45) is 0. The van der Waals surface area contributed by atoms with Crippen molar-refractivity contribution in [3.63, 3.8) is 0 Å². The largest absolute Gasteiger partial charge is 0.399 e. The minimum absolute atomic E-state index is 0. The van der Waals surface area contributed by atoms with E-state index in [-0.39, 0.29) is 12.4 Å². The molecule has 1 aromatic heterocycles. The van der Waals surface area contributed by atoms with Crippen molar-refractivity contribution in [2.75, 3.05) is 5.73 Å². The van der Waals surface area contributed by atoms with E-state index in [1.54, 1.807) is 0 Å². The number of halogens is 2. The number of fused-ring (bicyclic) bond motifs is 3. The Morgan fingerprint density at radius 2 is 1.50 bits per heavy atom. The summed E-state index contributed by atoms with van der Waals surface area (Å²) in [6, 6.07) is 22.8. The van der Waals surface area contributed by atoms with Gasteiger partial charge in [0.05, 0.1) is 11.0 Å². The number of hydrogen-bond acceptors (Lipinski definition) is 1. The summed E-state index contributed by atoms with van der Waals surface area (Å²) < 4.78 is 3.28. The summed E-state index contributed by atoms with van der Waals surface area (Å²) in [5.41, 5.74) is 10.3. The average molecular weight is 374 g/mol. The summed E-state index contributed by atoms with van der Waals surface area (Å²) >= 11 is 3.67. The van der Waals surface area contributed by atoms with Crippen LogP contribution in [0.15, 0.2) is 71.2 Å². The fourth-order valence-electron chi connectivity index (χ4n) is 2.91. The van der Waals surface area contributed by atoms with Gasteiger partial charge in [0.1, 0.15) is 0 Å². The lowest BCUT2D eigenvalue weighted by Gasteiger charge is -2.08. The number of nitrogen functional groups attached to an aromatic ring is 1. The summed E-state index contributed by atoms with van der Waals surface area (Å²) in [6.45, 7) is 0. The van der Waals surface area contributed by atoms with E-state index in [9.17, 15) is 0 Å². The first kappa shape index (κ1) is 14.9. The SMILES string of the molecule is Cl.Nc1cc(Br)c2c(c1)c1ccccc1n2-c1ccccc1. The highest BCUT2D eigenvalue weighted by molar-refractivity contribution is 9.10. The van der Waals surface area contributed by atoms with Gasteiger partial charge < -0.3 is 10.3 Å². The van der Waals surface area contributed by atoms with Gasteiger partial charge in [0.25, 0.3) is 0 Å². The number of hydrogen-bond donors (Lipinski definition) is 1. The van der Waals surface area contributed by atoms with Crippen LogP contribution >= 0.6 is 28.3 Å². The van der Waals surface area contributed by atoms with E-state index >= 15 is 0 Å². The lowest BCUT2D eigenvalue weighted by Crippen LogP contribution is -1.94. The van der Waals surface area contributed by atoms with Gasteiger partial charge in [0.15, 0.2) is 0 Å². The zero-order chi connectivity index (χ0) is 14.4. The van der Waals surface area contributed by atoms with Crippen LogP contribution in [0.3, 0.4) is 0 Å². The molecule has 0 aliphatic rings. The van der Waals surface area contributed by atoms with Crippen molar-refractivity contribution in [1.82, 2.24) is 4.57 Å². The van der Waals surface area contributed by atoms with E-state index in [4.69, 9.17) is 5.73 Å². The van der Waals surface area contributed by atoms with Gasteiger partial charge in [0, 0.05) is 26.6 Å². The van der Waals surface area contributed by atoms with Crippen LogP contribution in [0.25, 0.3) is 27.5 Å². The van der Waals surface area contributed by atoms with Crippen molar-refractivity contribution >= 4 is 55.8 Å². The maximum absolute atomic E-state index is 6.02. The predicted molar refractivity (Wildman–Crippen MR) is 100 cm³/mol. The molecule has 0 spiro atoms. The van der Waals surface area contributed by atoms with Crippen LogP contribution in [0.5, 0.6) is 0 Å². The minimum Gasteiger partial charge on any atom is -0.399 e. The highest BCUT2D eigenvalue weighted by atomic mass is 79.9. The van der Waals surface area contributed by atoms with Crippen molar-refractivity contribution < 1.29 is 0 Å². The lowest BCUT2D eigenvalue weighted by molar-refractivity contribution is 1.18. The normalized spacial score (nSPS) is 10.8. The number of benzene rings is 3. The van der Waals surface area contributed by atoms with Gasteiger partial charge in [0.2, 0.25) is 0 Å².